The van der Waals surface area contributed by atoms with E-state index >= 15 is 0 Å². The van der Waals surface area contributed by atoms with Crippen LogP contribution in [0.4, 0.5) is 5.69 Å². The third-order valence-electron chi connectivity index (χ3n) is 4.17. The monoisotopic (exact) mass is 358 g/mol. The smallest absolute Gasteiger partial charge is 0.180 e. The van der Waals surface area contributed by atoms with Crippen LogP contribution in [0, 0.1) is 0 Å². The number of hydrogen-bond donors (Lipinski definition) is 1. The molecule has 0 radical (unpaired) electrons. The minimum atomic E-state index is -0.899. The largest absolute Gasteiger partial charge is 0.387 e. The molecule has 2 rings (SSSR count). The van der Waals surface area contributed by atoms with Crippen molar-refractivity contribution in [2.45, 2.75) is 24.7 Å². The summed E-state index contributed by atoms with van der Waals surface area (Å²) in [4.78, 5) is 17.2. The first-order valence-electron chi connectivity index (χ1n) is 7.74. The number of rotatable bonds is 8. The Labute approximate surface area is 146 Å². The number of pyridine rings is 1. The summed E-state index contributed by atoms with van der Waals surface area (Å²) in [6.07, 6.45) is 1.31. The van der Waals surface area contributed by atoms with E-state index in [0.717, 1.165) is 5.69 Å². The maximum Gasteiger partial charge on any atom is 0.180 e. The van der Waals surface area contributed by atoms with Crippen molar-refractivity contribution in [2.75, 3.05) is 45.4 Å². The first-order chi connectivity index (χ1) is 11.5. The van der Waals surface area contributed by atoms with E-state index in [9.17, 15) is 9.90 Å². The van der Waals surface area contributed by atoms with E-state index in [0.29, 0.717) is 37.9 Å². The predicted octanol–water partition coefficient (Wildman–Crippen LogP) is 1.51. The number of aliphatic hydroxyl groups is 1. The number of ether oxygens (including phenoxy) is 3. The lowest BCUT2D eigenvalue weighted by Crippen LogP contribution is -2.48. The SMILES string of the molecule is COC(COCC1(O)CCN(c2ccc(Cl)nc2C=O)CC1)OC. The van der Waals surface area contributed by atoms with Crippen LogP contribution in [0.2, 0.25) is 5.15 Å². The average Bonchev–Trinajstić information content (AvgIpc) is 2.59. The fourth-order valence-electron chi connectivity index (χ4n) is 2.68. The Balaban J connectivity index is 1.89. The Morgan fingerprint density at radius 3 is 2.62 bits per heavy atom. The van der Waals surface area contributed by atoms with Crippen LogP contribution >= 0.6 is 11.6 Å². The number of carbonyl (C=O) groups is 1. The topological polar surface area (TPSA) is 81.1 Å². The fraction of sp³-hybridized carbons (Fsp3) is 0.625. The summed E-state index contributed by atoms with van der Waals surface area (Å²) < 4.78 is 15.6. The van der Waals surface area contributed by atoms with Gasteiger partial charge in [0.05, 0.1) is 24.5 Å². The van der Waals surface area contributed by atoms with Gasteiger partial charge in [-0.05, 0) is 25.0 Å². The van der Waals surface area contributed by atoms with Gasteiger partial charge in [-0.25, -0.2) is 4.98 Å². The van der Waals surface area contributed by atoms with Crippen molar-refractivity contribution in [3.05, 3.63) is 23.0 Å². The normalized spacial score (nSPS) is 17.3. The van der Waals surface area contributed by atoms with Gasteiger partial charge in [0.2, 0.25) is 0 Å². The first kappa shape index (κ1) is 19.1. The second-order valence-electron chi connectivity index (χ2n) is 5.78. The average molecular weight is 359 g/mol. The summed E-state index contributed by atoms with van der Waals surface area (Å²) in [5, 5.41) is 10.9. The molecule has 0 saturated carbocycles. The van der Waals surface area contributed by atoms with E-state index in [1.165, 1.54) is 14.2 Å². The third kappa shape index (κ3) is 4.87. The van der Waals surface area contributed by atoms with E-state index in [-0.39, 0.29) is 18.4 Å². The highest BCUT2D eigenvalue weighted by Crippen LogP contribution is 2.28. The highest BCUT2D eigenvalue weighted by molar-refractivity contribution is 6.29. The van der Waals surface area contributed by atoms with Crippen molar-refractivity contribution >= 4 is 23.6 Å². The first-order valence-corrected chi connectivity index (χ1v) is 8.11. The number of methoxy groups -OCH3 is 2. The molecule has 1 saturated heterocycles. The Bertz CT molecular complexity index is 545. The van der Waals surface area contributed by atoms with Gasteiger partial charge in [0, 0.05) is 27.3 Å². The molecule has 0 spiro atoms. The van der Waals surface area contributed by atoms with Gasteiger partial charge in [-0.2, -0.15) is 0 Å². The highest BCUT2D eigenvalue weighted by atomic mass is 35.5. The molecule has 2 heterocycles. The van der Waals surface area contributed by atoms with Crippen molar-refractivity contribution in [2.24, 2.45) is 0 Å². The summed E-state index contributed by atoms with van der Waals surface area (Å²) in [6, 6.07) is 3.44. The molecule has 1 aromatic rings. The molecule has 0 bridgehead atoms. The maximum absolute atomic E-state index is 11.2. The molecular weight excluding hydrogens is 336 g/mol. The standard InChI is InChI=1S/C16H23ClN2O5/c1-22-15(23-2)10-24-11-16(21)5-7-19(8-6-16)13-3-4-14(17)18-12(13)9-20/h3-4,9,15,21H,5-8,10-11H2,1-2H3. The molecule has 1 fully saturated rings. The van der Waals surface area contributed by atoms with E-state index in [1.807, 2.05) is 4.90 Å². The zero-order valence-electron chi connectivity index (χ0n) is 13.9. The molecule has 0 aromatic carbocycles. The van der Waals surface area contributed by atoms with Gasteiger partial charge < -0.3 is 24.2 Å². The lowest BCUT2D eigenvalue weighted by molar-refractivity contribution is -0.157. The van der Waals surface area contributed by atoms with E-state index in [2.05, 4.69) is 4.98 Å². The predicted molar refractivity (Wildman–Crippen MR) is 89.7 cm³/mol. The summed E-state index contributed by atoms with van der Waals surface area (Å²) >= 11 is 5.82. The zero-order valence-corrected chi connectivity index (χ0v) is 14.7. The molecule has 1 aromatic heterocycles. The maximum atomic E-state index is 11.2. The zero-order chi connectivity index (χ0) is 17.6. The minimum absolute atomic E-state index is 0.212. The number of hydrogen-bond acceptors (Lipinski definition) is 7. The van der Waals surface area contributed by atoms with Crippen LogP contribution in [-0.4, -0.2) is 68.8 Å². The number of aldehydes is 1. The lowest BCUT2D eigenvalue weighted by Gasteiger charge is -2.39. The van der Waals surface area contributed by atoms with Crippen LogP contribution in [-0.2, 0) is 14.2 Å². The number of carbonyl (C=O) groups excluding carboxylic acids is 1. The van der Waals surface area contributed by atoms with E-state index < -0.39 is 11.9 Å². The van der Waals surface area contributed by atoms with E-state index in [4.69, 9.17) is 25.8 Å². The molecule has 0 unspecified atom stereocenters. The number of anilines is 1. The molecule has 1 aliphatic heterocycles. The van der Waals surface area contributed by atoms with Crippen molar-refractivity contribution in [1.82, 2.24) is 4.98 Å². The number of halogens is 1. The van der Waals surface area contributed by atoms with Gasteiger partial charge in [-0.1, -0.05) is 11.6 Å². The molecule has 7 nitrogen and oxygen atoms in total. The summed E-state index contributed by atoms with van der Waals surface area (Å²) in [5.41, 5.74) is 0.146. The number of aromatic nitrogens is 1. The summed E-state index contributed by atoms with van der Waals surface area (Å²) in [7, 11) is 3.07. The van der Waals surface area contributed by atoms with Crippen molar-refractivity contribution < 1.29 is 24.1 Å². The van der Waals surface area contributed by atoms with Crippen molar-refractivity contribution in [3.63, 3.8) is 0 Å². The second kappa shape index (κ2) is 8.73. The molecule has 24 heavy (non-hydrogen) atoms. The Hall–Kier alpha value is -1.25. The number of piperidine rings is 1. The Morgan fingerprint density at radius 2 is 2.04 bits per heavy atom. The van der Waals surface area contributed by atoms with E-state index in [1.54, 1.807) is 12.1 Å². The molecular formula is C16H23ClN2O5. The second-order valence-corrected chi connectivity index (χ2v) is 6.17. The van der Waals surface area contributed by atoms with Crippen LogP contribution in [0.3, 0.4) is 0 Å². The molecule has 0 amide bonds. The fourth-order valence-corrected chi connectivity index (χ4v) is 2.84. The summed E-state index contributed by atoms with van der Waals surface area (Å²) in [6.45, 7) is 1.67. The van der Waals surface area contributed by atoms with Gasteiger partial charge >= 0.3 is 0 Å². The highest BCUT2D eigenvalue weighted by Gasteiger charge is 2.33. The Kier molecular flexibility index (Phi) is 6.94. The molecule has 8 heteroatoms. The van der Waals surface area contributed by atoms with Gasteiger partial charge in [0.15, 0.2) is 12.6 Å². The van der Waals surface area contributed by atoms with Gasteiger partial charge in [-0.15, -0.1) is 0 Å². The van der Waals surface area contributed by atoms with Crippen LogP contribution < -0.4 is 4.90 Å². The van der Waals surface area contributed by atoms with Gasteiger partial charge in [0.1, 0.15) is 10.8 Å². The van der Waals surface area contributed by atoms with Crippen LogP contribution in [0.5, 0.6) is 0 Å². The third-order valence-corrected chi connectivity index (χ3v) is 4.38. The van der Waals surface area contributed by atoms with Gasteiger partial charge in [-0.3, -0.25) is 4.79 Å². The summed E-state index contributed by atoms with van der Waals surface area (Å²) in [5.74, 6) is 0. The van der Waals surface area contributed by atoms with Crippen LogP contribution in [0.25, 0.3) is 0 Å². The lowest BCUT2D eigenvalue weighted by atomic mass is 9.92. The molecule has 134 valence electrons. The van der Waals surface area contributed by atoms with Crippen LogP contribution in [0.15, 0.2) is 12.1 Å². The Morgan fingerprint density at radius 1 is 1.38 bits per heavy atom. The minimum Gasteiger partial charge on any atom is -0.387 e. The molecule has 0 atom stereocenters. The van der Waals surface area contributed by atoms with Crippen molar-refractivity contribution in [1.29, 1.82) is 0 Å². The molecule has 1 aliphatic rings. The van der Waals surface area contributed by atoms with Crippen molar-refractivity contribution in [3.8, 4) is 0 Å². The van der Waals surface area contributed by atoms with Gasteiger partial charge in [0.25, 0.3) is 0 Å². The molecule has 0 aliphatic carbocycles. The van der Waals surface area contributed by atoms with Crippen LogP contribution in [0.1, 0.15) is 23.3 Å². The number of nitrogens with zero attached hydrogens (tertiary/aromatic N) is 2. The molecule has 1 N–H and O–H groups in total. The quantitative estimate of drug-likeness (QED) is 0.428.